The van der Waals surface area contributed by atoms with Crippen LogP contribution in [0.15, 0.2) is 30.3 Å². The highest BCUT2D eigenvalue weighted by molar-refractivity contribution is 5.34. The fourth-order valence-corrected chi connectivity index (χ4v) is 2.81. The van der Waals surface area contributed by atoms with Crippen molar-refractivity contribution in [1.82, 2.24) is 5.32 Å². The average Bonchev–Trinajstić information content (AvgIpc) is 2.94. The Labute approximate surface area is 79.2 Å². The average molecular weight is 173 g/mol. The molecule has 1 saturated carbocycles. The van der Waals surface area contributed by atoms with Crippen molar-refractivity contribution in [2.45, 2.75) is 18.3 Å². The maximum Gasteiger partial charge on any atom is 0.000912 e. The number of hydrogen-bond acceptors (Lipinski definition) is 1. The van der Waals surface area contributed by atoms with Crippen molar-refractivity contribution < 1.29 is 0 Å². The molecule has 1 heteroatoms. The molecule has 1 heterocycles. The van der Waals surface area contributed by atoms with E-state index >= 15 is 0 Å². The summed E-state index contributed by atoms with van der Waals surface area (Å²) in [6.45, 7) is 2.43. The van der Waals surface area contributed by atoms with Gasteiger partial charge in [0.1, 0.15) is 0 Å². The first-order chi connectivity index (χ1) is 6.42. The topological polar surface area (TPSA) is 12.0 Å². The quantitative estimate of drug-likeness (QED) is 0.684. The molecule has 2 atom stereocenters. The Balaban J connectivity index is 1.94. The summed E-state index contributed by atoms with van der Waals surface area (Å²) in [5.41, 5.74) is 2.15. The lowest BCUT2D eigenvalue weighted by atomic mass is 9.88. The van der Waals surface area contributed by atoms with E-state index in [0.717, 1.165) is 5.92 Å². The Morgan fingerprint density at radius 2 is 2.08 bits per heavy atom. The van der Waals surface area contributed by atoms with E-state index in [1.807, 2.05) is 0 Å². The summed E-state index contributed by atoms with van der Waals surface area (Å²) in [5, 5.41) is 3.47. The van der Waals surface area contributed by atoms with Crippen molar-refractivity contribution in [1.29, 1.82) is 0 Å². The monoisotopic (exact) mass is 173 g/mol. The minimum absolute atomic E-state index is 0.576. The van der Waals surface area contributed by atoms with Gasteiger partial charge in [-0.3, -0.25) is 0 Å². The molecule has 0 radical (unpaired) electrons. The third-order valence-electron chi connectivity index (χ3n) is 3.72. The highest BCUT2D eigenvalue weighted by Crippen LogP contribution is 2.57. The van der Waals surface area contributed by atoms with Crippen LogP contribution in [0.4, 0.5) is 0 Å². The first-order valence-electron chi connectivity index (χ1n) is 5.18. The zero-order chi connectivity index (χ0) is 8.73. The molecule has 0 bridgehead atoms. The molecule has 1 aliphatic heterocycles. The number of nitrogens with one attached hydrogen (secondary N) is 1. The molecule has 1 N–H and O–H groups in total. The fourth-order valence-electron chi connectivity index (χ4n) is 2.81. The Morgan fingerprint density at radius 1 is 1.23 bits per heavy atom. The Bertz CT molecular complexity index is 306. The third-order valence-corrected chi connectivity index (χ3v) is 3.72. The number of hydrogen-bond donors (Lipinski definition) is 1. The van der Waals surface area contributed by atoms with Crippen molar-refractivity contribution in [3.63, 3.8) is 0 Å². The molecule has 1 aliphatic carbocycles. The zero-order valence-electron chi connectivity index (χ0n) is 7.79. The summed E-state index contributed by atoms with van der Waals surface area (Å²) in [6, 6.07) is 11.0. The molecule has 1 aromatic carbocycles. The van der Waals surface area contributed by atoms with Gasteiger partial charge in [0.05, 0.1) is 0 Å². The van der Waals surface area contributed by atoms with Crippen LogP contribution in [-0.2, 0) is 5.41 Å². The minimum Gasteiger partial charge on any atom is -0.316 e. The maximum atomic E-state index is 3.47. The Morgan fingerprint density at radius 3 is 2.85 bits per heavy atom. The highest BCUT2D eigenvalue weighted by Gasteiger charge is 2.55. The number of rotatable bonds is 1. The molecular weight excluding hydrogens is 158 g/mol. The van der Waals surface area contributed by atoms with Crippen molar-refractivity contribution >= 4 is 0 Å². The maximum absolute atomic E-state index is 3.47. The lowest BCUT2D eigenvalue weighted by Crippen LogP contribution is -2.31. The molecule has 0 aromatic heterocycles. The molecule has 1 saturated heterocycles. The van der Waals surface area contributed by atoms with Crippen molar-refractivity contribution in [2.24, 2.45) is 5.92 Å². The molecular formula is C12H15N. The molecule has 0 amide bonds. The second-order valence-corrected chi connectivity index (χ2v) is 4.38. The van der Waals surface area contributed by atoms with Crippen molar-refractivity contribution in [2.75, 3.05) is 13.1 Å². The molecule has 0 unspecified atom stereocenters. The zero-order valence-corrected chi connectivity index (χ0v) is 7.79. The van der Waals surface area contributed by atoms with Crippen LogP contribution in [-0.4, -0.2) is 13.1 Å². The van der Waals surface area contributed by atoms with Gasteiger partial charge in [0.15, 0.2) is 0 Å². The normalized spacial score (nSPS) is 36.8. The molecule has 0 spiro atoms. The standard InChI is InChI=1S/C12H15N/c1-2-4-10(5-3-1)12-6-7-13-9-11(12)8-12/h1-5,11,13H,6-9H2/t11-,12-/m0/s1. The number of fused-ring (bicyclic) bond motifs is 1. The summed E-state index contributed by atoms with van der Waals surface area (Å²) < 4.78 is 0. The molecule has 1 nitrogen and oxygen atoms in total. The molecule has 1 aromatic rings. The van der Waals surface area contributed by atoms with Crippen LogP contribution in [0.25, 0.3) is 0 Å². The summed E-state index contributed by atoms with van der Waals surface area (Å²) >= 11 is 0. The molecule has 3 rings (SSSR count). The van der Waals surface area contributed by atoms with Gasteiger partial charge in [0.2, 0.25) is 0 Å². The minimum atomic E-state index is 0.576. The second-order valence-electron chi connectivity index (χ2n) is 4.38. The van der Waals surface area contributed by atoms with Gasteiger partial charge in [-0.15, -0.1) is 0 Å². The van der Waals surface area contributed by atoms with Gasteiger partial charge < -0.3 is 5.32 Å². The van der Waals surface area contributed by atoms with Crippen LogP contribution >= 0.6 is 0 Å². The van der Waals surface area contributed by atoms with Gasteiger partial charge in [0.25, 0.3) is 0 Å². The van der Waals surface area contributed by atoms with E-state index < -0.39 is 0 Å². The summed E-state index contributed by atoms with van der Waals surface area (Å²) in [6.07, 6.45) is 2.74. The van der Waals surface area contributed by atoms with E-state index in [1.54, 1.807) is 5.56 Å². The Hall–Kier alpha value is -0.820. The van der Waals surface area contributed by atoms with Gasteiger partial charge in [-0.2, -0.15) is 0 Å². The van der Waals surface area contributed by atoms with Gasteiger partial charge in [-0.1, -0.05) is 30.3 Å². The second kappa shape index (κ2) is 2.58. The SMILES string of the molecule is c1ccc([C@@]23CCNC[C@@H]2C3)cc1. The molecule has 13 heavy (non-hydrogen) atoms. The van der Waals surface area contributed by atoms with E-state index in [1.165, 1.54) is 25.9 Å². The summed E-state index contributed by atoms with van der Waals surface area (Å²) in [4.78, 5) is 0. The van der Waals surface area contributed by atoms with E-state index in [-0.39, 0.29) is 0 Å². The van der Waals surface area contributed by atoms with Crippen LogP contribution < -0.4 is 5.32 Å². The Kier molecular flexibility index (Phi) is 1.50. The third kappa shape index (κ3) is 1.03. The summed E-state index contributed by atoms with van der Waals surface area (Å²) in [5.74, 6) is 0.920. The van der Waals surface area contributed by atoms with Gasteiger partial charge in [-0.25, -0.2) is 0 Å². The predicted octanol–water partition coefficient (Wildman–Crippen LogP) is 1.94. The van der Waals surface area contributed by atoms with Gasteiger partial charge in [0, 0.05) is 5.41 Å². The summed E-state index contributed by atoms with van der Waals surface area (Å²) in [7, 11) is 0. The van der Waals surface area contributed by atoms with E-state index in [2.05, 4.69) is 35.6 Å². The largest absolute Gasteiger partial charge is 0.316 e. The fraction of sp³-hybridized carbons (Fsp3) is 0.500. The van der Waals surface area contributed by atoms with Crippen molar-refractivity contribution in [3.8, 4) is 0 Å². The van der Waals surface area contributed by atoms with Gasteiger partial charge in [-0.05, 0) is 37.4 Å². The van der Waals surface area contributed by atoms with Crippen LogP contribution in [0.2, 0.25) is 0 Å². The molecule has 2 aliphatic rings. The number of benzene rings is 1. The predicted molar refractivity (Wildman–Crippen MR) is 53.7 cm³/mol. The molecule has 68 valence electrons. The van der Waals surface area contributed by atoms with E-state index in [0.29, 0.717) is 5.41 Å². The van der Waals surface area contributed by atoms with Gasteiger partial charge >= 0.3 is 0 Å². The highest BCUT2D eigenvalue weighted by atomic mass is 14.9. The molecule has 2 fully saturated rings. The van der Waals surface area contributed by atoms with Crippen LogP contribution in [0.1, 0.15) is 18.4 Å². The van der Waals surface area contributed by atoms with Crippen LogP contribution in [0, 0.1) is 5.92 Å². The van der Waals surface area contributed by atoms with Crippen LogP contribution in [0.5, 0.6) is 0 Å². The van der Waals surface area contributed by atoms with Crippen molar-refractivity contribution in [3.05, 3.63) is 35.9 Å². The lowest BCUT2D eigenvalue weighted by molar-refractivity contribution is 0.445. The van der Waals surface area contributed by atoms with E-state index in [9.17, 15) is 0 Å². The number of piperidine rings is 1. The lowest BCUT2D eigenvalue weighted by Gasteiger charge is -2.23. The van der Waals surface area contributed by atoms with E-state index in [4.69, 9.17) is 0 Å². The first-order valence-corrected chi connectivity index (χ1v) is 5.18. The van der Waals surface area contributed by atoms with Crippen LogP contribution in [0.3, 0.4) is 0 Å². The first kappa shape index (κ1) is 7.57. The smallest absolute Gasteiger partial charge is 0.000912 e.